The van der Waals surface area contributed by atoms with Crippen molar-refractivity contribution >= 4 is 23.4 Å². The van der Waals surface area contributed by atoms with E-state index in [1.54, 1.807) is 12.1 Å². The van der Waals surface area contributed by atoms with E-state index in [0.29, 0.717) is 5.65 Å². The number of rotatable bonds is 4. The van der Waals surface area contributed by atoms with Crippen LogP contribution >= 0.6 is 0 Å². The smallest absolute Gasteiger partial charge is 0.313 e. The van der Waals surface area contributed by atoms with Crippen molar-refractivity contribution in [2.45, 2.75) is 6.92 Å². The number of carbonyl (C=O) groups is 3. The molecule has 2 atom stereocenters. The molecule has 2 amide bonds. The molecule has 2 fully saturated rings. The van der Waals surface area contributed by atoms with Crippen molar-refractivity contribution in [2.24, 2.45) is 11.3 Å². The zero-order valence-corrected chi connectivity index (χ0v) is 16.1. The number of carboxylic acids is 1. The number of pyridine rings is 1. The van der Waals surface area contributed by atoms with Gasteiger partial charge in [0, 0.05) is 45.4 Å². The van der Waals surface area contributed by atoms with E-state index in [1.807, 2.05) is 6.92 Å². The van der Waals surface area contributed by atoms with Crippen molar-refractivity contribution in [1.82, 2.24) is 19.2 Å². The summed E-state index contributed by atoms with van der Waals surface area (Å²) < 4.78 is 20.8. The van der Waals surface area contributed by atoms with Gasteiger partial charge in [0.1, 0.15) is 17.7 Å². The summed E-state index contributed by atoms with van der Waals surface area (Å²) in [6.07, 6.45) is 1.50. The lowest BCUT2D eigenvalue weighted by atomic mass is 9.81. The Morgan fingerprint density at radius 3 is 2.66 bits per heavy atom. The van der Waals surface area contributed by atoms with E-state index in [0.717, 1.165) is 5.56 Å². The molecule has 0 bridgehead atoms. The summed E-state index contributed by atoms with van der Waals surface area (Å²) in [5.41, 5.74) is -0.411. The minimum atomic E-state index is -1.27. The van der Waals surface area contributed by atoms with Crippen LogP contribution in [-0.2, 0) is 14.3 Å². The second-order valence-electron chi connectivity index (χ2n) is 7.73. The predicted molar refractivity (Wildman–Crippen MR) is 97.8 cm³/mol. The molecule has 2 aromatic rings. The topological polar surface area (TPSA) is 104 Å². The quantitative estimate of drug-likeness (QED) is 0.792. The van der Waals surface area contributed by atoms with Gasteiger partial charge < -0.3 is 19.6 Å². The van der Waals surface area contributed by atoms with Gasteiger partial charge in [-0.25, -0.2) is 4.98 Å². The van der Waals surface area contributed by atoms with Crippen molar-refractivity contribution in [3.63, 3.8) is 0 Å². The molecule has 4 rings (SSSR count). The fourth-order valence-electron chi connectivity index (χ4n) is 4.33. The Morgan fingerprint density at radius 1 is 1.31 bits per heavy atom. The van der Waals surface area contributed by atoms with Crippen LogP contribution in [0.25, 0.3) is 5.65 Å². The molecule has 29 heavy (non-hydrogen) atoms. The number of imidazole rings is 1. The SMILES string of the molecule is COCC(=O)N1C[C@@H]2CN(C(=O)c3nc4cc(C)ccn4c3F)C[C@]2(C(=O)O)C1. The molecule has 0 unspecified atom stereocenters. The van der Waals surface area contributed by atoms with Crippen LogP contribution in [0.2, 0.25) is 0 Å². The second kappa shape index (κ2) is 6.80. The number of aliphatic carboxylic acids is 1. The summed E-state index contributed by atoms with van der Waals surface area (Å²) in [4.78, 5) is 44.0. The highest BCUT2D eigenvalue weighted by molar-refractivity contribution is 5.94. The van der Waals surface area contributed by atoms with Crippen LogP contribution in [0.3, 0.4) is 0 Å². The van der Waals surface area contributed by atoms with Gasteiger partial charge in [-0.05, 0) is 24.6 Å². The molecule has 0 aromatic carbocycles. The Hall–Kier alpha value is -3.01. The number of likely N-dealkylation sites (tertiary alicyclic amines) is 2. The zero-order chi connectivity index (χ0) is 20.9. The molecule has 2 aromatic heterocycles. The van der Waals surface area contributed by atoms with Gasteiger partial charge in [0.15, 0.2) is 5.69 Å². The molecule has 4 heterocycles. The first-order valence-electron chi connectivity index (χ1n) is 9.20. The zero-order valence-electron chi connectivity index (χ0n) is 16.1. The Balaban J connectivity index is 1.59. The third-order valence-corrected chi connectivity index (χ3v) is 5.87. The van der Waals surface area contributed by atoms with E-state index in [2.05, 4.69) is 4.98 Å². The van der Waals surface area contributed by atoms with Crippen molar-refractivity contribution in [3.05, 3.63) is 35.5 Å². The lowest BCUT2D eigenvalue weighted by molar-refractivity contribution is -0.149. The van der Waals surface area contributed by atoms with Crippen LogP contribution in [0.4, 0.5) is 4.39 Å². The number of halogens is 1. The summed E-state index contributed by atoms with van der Waals surface area (Å²) in [7, 11) is 1.40. The molecule has 2 aliphatic rings. The van der Waals surface area contributed by atoms with Crippen LogP contribution in [0, 0.1) is 24.2 Å². The monoisotopic (exact) mass is 404 g/mol. The molecule has 0 radical (unpaired) electrons. The van der Waals surface area contributed by atoms with Crippen LogP contribution in [0.1, 0.15) is 16.1 Å². The van der Waals surface area contributed by atoms with Crippen LogP contribution in [0.5, 0.6) is 0 Å². The van der Waals surface area contributed by atoms with Crippen molar-refractivity contribution < 1.29 is 28.6 Å². The number of carbonyl (C=O) groups excluding carboxylic acids is 2. The maximum Gasteiger partial charge on any atom is 0.313 e. The first-order chi connectivity index (χ1) is 13.8. The lowest BCUT2D eigenvalue weighted by Gasteiger charge is -2.25. The predicted octanol–water partition coefficient (Wildman–Crippen LogP) is 0.413. The maximum atomic E-state index is 14.7. The minimum absolute atomic E-state index is 0.00812. The highest BCUT2D eigenvalue weighted by Gasteiger charge is 2.59. The summed E-state index contributed by atoms with van der Waals surface area (Å²) in [5, 5.41) is 9.87. The molecule has 9 nitrogen and oxygen atoms in total. The fraction of sp³-hybridized carbons (Fsp3) is 0.474. The average molecular weight is 404 g/mol. The molecule has 0 saturated carbocycles. The first-order valence-corrected chi connectivity index (χ1v) is 9.20. The average Bonchev–Trinajstić information content (AvgIpc) is 3.30. The molecule has 154 valence electrons. The van der Waals surface area contributed by atoms with Gasteiger partial charge in [-0.1, -0.05) is 0 Å². The van der Waals surface area contributed by atoms with Crippen molar-refractivity contribution in [1.29, 1.82) is 0 Å². The summed E-state index contributed by atoms with van der Waals surface area (Å²) in [6, 6.07) is 3.37. The number of aromatic nitrogens is 2. The number of nitrogens with zero attached hydrogens (tertiary/aromatic N) is 4. The minimum Gasteiger partial charge on any atom is -0.481 e. The molecule has 1 N–H and O–H groups in total. The van der Waals surface area contributed by atoms with Gasteiger partial charge in [-0.15, -0.1) is 0 Å². The molecular formula is C19H21FN4O5. The largest absolute Gasteiger partial charge is 0.481 e. The van der Waals surface area contributed by atoms with Gasteiger partial charge in [0.05, 0.1) is 0 Å². The number of fused-ring (bicyclic) bond motifs is 2. The standard InChI is InChI=1S/C19H21FN4O5/c1-11-3-4-24-13(5-11)21-15(16(24)20)17(26)23-7-12-6-22(14(25)8-29-2)9-19(12,10-23)18(27)28/h3-5,12H,6-10H2,1-2H3,(H,27,28)/t12-,19-/m1/s1. The van der Waals surface area contributed by atoms with Gasteiger partial charge in [0.2, 0.25) is 11.9 Å². The van der Waals surface area contributed by atoms with E-state index in [9.17, 15) is 23.9 Å². The van der Waals surface area contributed by atoms with Gasteiger partial charge >= 0.3 is 5.97 Å². The summed E-state index contributed by atoms with van der Waals surface area (Å²) in [5.74, 6) is -3.22. The second-order valence-corrected chi connectivity index (χ2v) is 7.73. The van der Waals surface area contributed by atoms with Crippen LogP contribution < -0.4 is 0 Å². The first kappa shape index (κ1) is 19.3. The third kappa shape index (κ3) is 2.94. The Labute approximate surface area is 165 Å². The molecule has 2 aliphatic heterocycles. The van der Waals surface area contributed by atoms with E-state index >= 15 is 0 Å². The van der Waals surface area contributed by atoms with E-state index in [1.165, 1.54) is 27.5 Å². The number of hydrogen-bond acceptors (Lipinski definition) is 5. The number of ether oxygens (including phenoxy) is 1. The van der Waals surface area contributed by atoms with E-state index < -0.39 is 29.2 Å². The molecule has 10 heteroatoms. The number of aryl methyl sites for hydroxylation is 1. The normalized spacial score (nSPS) is 23.6. The van der Waals surface area contributed by atoms with Crippen LogP contribution in [-0.4, -0.2) is 82.0 Å². The fourth-order valence-corrected chi connectivity index (χ4v) is 4.33. The molecule has 2 saturated heterocycles. The molecule has 0 spiro atoms. The maximum absolute atomic E-state index is 14.7. The van der Waals surface area contributed by atoms with Crippen LogP contribution in [0.15, 0.2) is 18.3 Å². The highest BCUT2D eigenvalue weighted by Crippen LogP contribution is 2.43. The van der Waals surface area contributed by atoms with Crippen molar-refractivity contribution in [3.8, 4) is 0 Å². The Kier molecular flexibility index (Phi) is 4.53. The van der Waals surface area contributed by atoms with E-state index in [-0.39, 0.29) is 44.4 Å². The molecular weight excluding hydrogens is 383 g/mol. The van der Waals surface area contributed by atoms with Crippen molar-refractivity contribution in [2.75, 3.05) is 39.9 Å². The van der Waals surface area contributed by atoms with Gasteiger partial charge in [0.25, 0.3) is 5.91 Å². The molecule has 0 aliphatic carbocycles. The van der Waals surface area contributed by atoms with Gasteiger partial charge in [-0.2, -0.15) is 4.39 Å². The third-order valence-electron chi connectivity index (χ3n) is 5.87. The summed E-state index contributed by atoms with van der Waals surface area (Å²) in [6.45, 7) is 1.93. The highest BCUT2D eigenvalue weighted by atomic mass is 19.1. The summed E-state index contributed by atoms with van der Waals surface area (Å²) >= 11 is 0. The number of hydrogen-bond donors (Lipinski definition) is 1. The lowest BCUT2D eigenvalue weighted by Crippen LogP contribution is -2.43. The van der Waals surface area contributed by atoms with Gasteiger partial charge in [-0.3, -0.25) is 18.8 Å². The number of amides is 2. The number of methoxy groups -OCH3 is 1. The Morgan fingerprint density at radius 2 is 2.00 bits per heavy atom. The Bertz CT molecular complexity index is 1020. The van der Waals surface area contributed by atoms with E-state index in [4.69, 9.17) is 4.74 Å². The number of carboxylic acid groups (broad SMARTS) is 1.